The molecule has 1 amide bonds. The third-order valence-corrected chi connectivity index (χ3v) is 5.61. The van der Waals surface area contributed by atoms with Crippen molar-refractivity contribution in [1.82, 2.24) is 5.32 Å². The minimum absolute atomic E-state index is 0.131. The van der Waals surface area contributed by atoms with E-state index in [-0.39, 0.29) is 17.7 Å². The van der Waals surface area contributed by atoms with Gasteiger partial charge in [-0.2, -0.15) is 0 Å². The summed E-state index contributed by atoms with van der Waals surface area (Å²) in [5.41, 5.74) is 24.4. The number of carbonyl (C=O) groups is 2. The molecule has 0 aliphatic heterocycles. The van der Waals surface area contributed by atoms with Crippen molar-refractivity contribution in [1.29, 1.82) is 0 Å². The molecule has 212 valence electrons. The van der Waals surface area contributed by atoms with Gasteiger partial charge in [-0.15, -0.1) is 0 Å². The van der Waals surface area contributed by atoms with Crippen LogP contribution in [0.2, 0.25) is 0 Å². The minimum Gasteiger partial charge on any atom is -0.352 e. The zero-order valence-corrected chi connectivity index (χ0v) is 23.8. The SMILES string of the molecule is CCCCCc1ccc(C(=O)Cl)cc1.CCCCCc1ccc(C(=O)NCCN=[N+]=[N-])cc1.[N-]=[N+]=NCCN. The molecule has 0 aliphatic carbocycles. The van der Waals surface area contributed by atoms with Crippen LogP contribution in [0.4, 0.5) is 0 Å². The van der Waals surface area contributed by atoms with Gasteiger partial charge in [0.1, 0.15) is 0 Å². The molecule has 0 saturated heterocycles. The second kappa shape index (κ2) is 24.8. The standard InChI is InChI=1S/C14H20N4O.C12H15ClO.C2H6N4/c1-2-3-4-5-12-6-8-13(9-7-12)14(19)16-10-11-17-18-15;1-2-3-4-5-10-6-8-11(9-7-10)12(13)14;3-1-2-5-6-4/h6-9H,2-5,10-11H2,1H3,(H,16,19);6-9H,2-5H2,1H3;1-3H2. The van der Waals surface area contributed by atoms with Gasteiger partial charge in [0.15, 0.2) is 0 Å². The molecule has 39 heavy (non-hydrogen) atoms. The van der Waals surface area contributed by atoms with Crippen molar-refractivity contribution in [3.05, 3.63) is 91.7 Å². The molecule has 10 nitrogen and oxygen atoms in total. The van der Waals surface area contributed by atoms with Crippen LogP contribution in [0.3, 0.4) is 0 Å². The first-order valence-electron chi connectivity index (χ1n) is 13.3. The zero-order valence-electron chi connectivity index (χ0n) is 23.1. The summed E-state index contributed by atoms with van der Waals surface area (Å²) in [6.45, 7) is 5.85. The van der Waals surface area contributed by atoms with E-state index in [9.17, 15) is 9.59 Å². The fourth-order valence-corrected chi connectivity index (χ4v) is 3.38. The summed E-state index contributed by atoms with van der Waals surface area (Å²) in [5.74, 6) is -0.131. The van der Waals surface area contributed by atoms with Crippen molar-refractivity contribution in [2.75, 3.05) is 26.2 Å². The molecule has 0 heterocycles. The largest absolute Gasteiger partial charge is 0.352 e. The molecule has 0 spiro atoms. The van der Waals surface area contributed by atoms with Crippen LogP contribution in [-0.4, -0.2) is 37.3 Å². The number of nitrogens with one attached hydrogen (secondary N) is 1. The highest BCUT2D eigenvalue weighted by Crippen LogP contribution is 2.11. The Morgan fingerprint density at radius 1 is 0.795 bits per heavy atom. The Kier molecular flexibility index (Phi) is 22.5. The van der Waals surface area contributed by atoms with Crippen molar-refractivity contribution in [3.8, 4) is 0 Å². The number of nitrogens with two attached hydrogens (primary N) is 1. The maximum absolute atomic E-state index is 11.7. The molecule has 2 aromatic carbocycles. The van der Waals surface area contributed by atoms with Gasteiger partial charge in [0.05, 0.1) is 0 Å². The molecule has 3 N–H and O–H groups in total. The summed E-state index contributed by atoms with van der Waals surface area (Å²) >= 11 is 5.34. The van der Waals surface area contributed by atoms with E-state index >= 15 is 0 Å². The fraction of sp³-hybridized carbons (Fsp3) is 0.500. The van der Waals surface area contributed by atoms with Gasteiger partial charge in [0, 0.05) is 40.6 Å². The average Bonchev–Trinajstić information content (AvgIpc) is 2.96. The number of hydrogen-bond acceptors (Lipinski definition) is 5. The molecule has 2 aromatic rings. The molecule has 0 aliphatic rings. The van der Waals surface area contributed by atoms with Crippen LogP contribution in [0.15, 0.2) is 58.8 Å². The molecule has 2 rings (SSSR count). The number of hydrogen-bond donors (Lipinski definition) is 2. The number of benzene rings is 2. The van der Waals surface area contributed by atoms with E-state index < -0.39 is 0 Å². The van der Waals surface area contributed by atoms with Gasteiger partial charge < -0.3 is 11.1 Å². The molecular formula is C28H41ClN8O2. The lowest BCUT2D eigenvalue weighted by Crippen LogP contribution is -2.25. The first-order valence-corrected chi connectivity index (χ1v) is 13.7. The van der Waals surface area contributed by atoms with Gasteiger partial charge in [-0.05, 0) is 90.3 Å². The van der Waals surface area contributed by atoms with E-state index in [0.29, 0.717) is 30.8 Å². The van der Waals surface area contributed by atoms with E-state index in [1.165, 1.54) is 49.7 Å². The van der Waals surface area contributed by atoms with Crippen LogP contribution < -0.4 is 11.1 Å². The molecule has 0 saturated carbocycles. The van der Waals surface area contributed by atoms with Crippen LogP contribution >= 0.6 is 11.6 Å². The smallest absolute Gasteiger partial charge is 0.252 e. The third kappa shape index (κ3) is 19.2. The lowest BCUT2D eigenvalue weighted by molar-refractivity contribution is 0.0954. The number of halogens is 1. The van der Waals surface area contributed by atoms with E-state index in [2.05, 4.69) is 39.2 Å². The predicted molar refractivity (Wildman–Crippen MR) is 159 cm³/mol. The number of azide groups is 2. The molecule has 0 aromatic heterocycles. The Bertz CT molecular complexity index is 1030. The van der Waals surface area contributed by atoms with Crippen LogP contribution in [-0.2, 0) is 12.8 Å². The number of amides is 1. The third-order valence-electron chi connectivity index (χ3n) is 5.39. The van der Waals surface area contributed by atoms with Crippen LogP contribution in [0, 0.1) is 0 Å². The Hall–Kier alpha value is -3.55. The van der Waals surface area contributed by atoms with E-state index in [0.717, 1.165) is 12.8 Å². The second-order valence-electron chi connectivity index (χ2n) is 8.54. The Morgan fingerprint density at radius 3 is 1.64 bits per heavy atom. The monoisotopic (exact) mass is 556 g/mol. The molecule has 0 unspecified atom stereocenters. The fourth-order valence-electron chi connectivity index (χ4n) is 3.25. The van der Waals surface area contributed by atoms with Crippen LogP contribution in [0.5, 0.6) is 0 Å². The van der Waals surface area contributed by atoms with Gasteiger partial charge in [-0.1, -0.05) is 74.0 Å². The number of carbonyl (C=O) groups excluding carboxylic acids is 2. The van der Waals surface area contributed by atoms with Gasteiger partial charge in [-0.25, -0.2) is 0 Å². The van der Waals surface area contributed by atoms with Gasteiger partial charge in [0.25, 0.3) is 11.1 Å². The van der Waals surface area contributed by atoms with E-state index in [1.54, 1.807) is 12.1 Å². The summed E-state index contributed by atoms with van der Waals surface area (Å²) in [7, 11) is 0. The van der Waals surface area contributed by atoms with Crippen LogP contribution in [0.25, 0.3) is 20.9 Å². The highest BCUT2D eigenvalue weighted by atomic mass is 35.5. The summed E-state index contributed by atoms with van der Waals surface area (Å²) in [6, 6.07) is 15.2. The highest BCUT2D eigenvalue weighted by molar-refractivity contribution is 6.67. The first kappa shape index (κ1) is 35.5. The average molecular weight is 557 g/mol. The van der Waals surface area contributed by atoms with Crippen molar-refractivity contribution in [2.24, 2.45) is 16.0 Å². The maximum Gasteiger partial charge on any atom is 0.252 e. The normalized spacial score (nSPS) is 9.44. The Labute approximate surface area is 236 Å². The van der Waals surface area contributed by atoms with Gasteiger partial charge in [0.2, 0.25) is 0 Å². The molecular weight excluding hydrogens is 516 g/mol. The quantitative estimate of drug-likeness (QED) is 0.0761. The number of nitrogens with zero attached hydrogens (tertiary/aromatic N) is 6. The molecule has 0 radical (unpaired) electrons. The van der Waals surface area contributed by atoms with Crippen molar-refractivity contribution in [3.63, 3.8) is 0 Å². The van der Waals surface area contributed by atoms with Crippen molar-refractivity contribution >= 4 is 22.8 Å². The number of aryl methyl sites for hydroxylation is 2. The lowest BCUT2D eigenvalue weighted by Gasteiger charge is -2.05. The van der Waals surface area contributed by atoms with Crippen molar-refractivity contribution in [2.45, 2.75) is 65.2 Å². The molecule has 0 fully saturated rings. The molecule has 0 bridgehead atoms. The predicted octanol–water partition coefficient (Wildman–Crippen LogP) is 7.51. The second-order valence-corrected chi connectivity index (χ2v) is 8.88. The Morgan fingerprint density at radius 2 is 1.26 bits per heavy atom. The van der Waals surface area contributed by atoms with Crippen molar-refractivity contribution < 1.29 is 9.59 Å². The molecule has 11 heteroatoms. The zero-order chi connectivity index (χ0) is 29.1. The topological polar surface area (TPSA) is 170 Å². The van der Waals surface area contributed by atoms with Gasteiger partial charge in [-0.3, -0.25) is 9.59 Å². The minimum atomic E-state index is -0.384. The van der Waals surface area contributed by atoms with E-state index in [4.69, 9.17) is 28.4 Å². The first-order chi connectivity index (χ1) is 18.9. The number of rotatable bonds is 15. The van der Waals surface area contributed by atoms with Crippen LogP contribution in [0.1, 0.15) is 84.2 Å². The number of unbranched alkanes of at least 4 members (excludes halogenated alkanes) is 4. The lowest BCUT2D eigenvalue weighted by atomic mass is 10.1. The summed E-state index contributed by atoms with van der Waals surface area (Å²) < 4.78 is 0. The maximum atomic E-state index is 11.7. The highest BCUT2D eigenvalue weighted by Gasteiger charge is 2.04. The summed E-state index contributed by atoms with van der Waals surface area (Å²) in [4.78, 5) is 27.6. The van der Waals surface area contributed by atoms with Gasteiger partial charge >= 0.3 is 0 Å². The summed E-state index contributed by atoms with van der Waals surface area (Å²) in [6.07, 6.45) is 9.50. The Balaban J connectivity index is 0.000000631. The molecule has 0 atom stereocenters. The van der Waals surface area contributed by atoms with E-state index in [1.807, 2.05) is 36.4 Å². The summed E-state index contributed by atoms with van der Waals surface area (Å²) in [5, 5.41) is 8.82.